The van der Waals surface area contributed by atoms with E-state index >= 15 is 0 Å². The average molecular weight is 271 g/mol. The number of nitrogens with two attached hydrogens (primary N) is 1. The monoisotopic (exact) mass is 270 g/mol. The maximum Gasteiger partial charge on any atom is 0.389 e. The number of alkyl halides is 3. The third-order valence-corrected chi connectivity index (χ3v) is 2.57. The summed E-state index contributed by atoms with van der Waals surface area (Å²) in [5.74, 6) is 4.47. The number of halogens is 5. The van der Waals surface area contributed by atoms with Crippen LogP contribution in [0.3, 0.4) is 0 Å². The third kappa shape index (κ3) is 4.49. The van der Waals surface area contributed by atoms with Crippen LogP contribution in [0.1, 0.15) is 24.4 Å². The van der Waals surface area contributed by atoms with Crippen LogP contribution in [0.2, 0.25) is 5.02 Å². The third-order valence-electron chi connectivity index (χ3n) is 2.26. The number of rotatable bonds is 4. The summed E-state index contributed by atoms with van der Waals surface area (Å²) in [6.45, 7) is 0. The fourth-order valence-electron chi connectivity index (χ4n) is 1.38. The maximum absolute atomic E-state index is 13.1. The minimum atomic E-state index is -4.26. The van der Waals surface area contributed by atoms with Gasteiger partial charge >= 0.3 is 6.18 Å². The first-order valence-electron chi connectivity index (χ1n) is 4.81. The van der Waals surface area contributed by atoms with Gasteiger partial charge in [0.15, 0.2) is 0 Å². The molecule has 0 aliphatic carbocycles. The van der Waals surface area contributed by atoms with Gasteiger partial charge in [-0.15, -0.1) is 0 Å². The number of nitrogens with one attached hydrogen (secondary N) is 1. The highest BCUT2D eigenvalue weighted by Gasteiger charge is 2.28. The molecule has 2 nitrogen and oxygen atoms in total. The Morgan fingerprint density at radius 3 is 2.47 bits per heavy atom. The molecule has 1 rings (SSSR count). The number of hydrogen-bond acceptors (Lipinski definition) is 2. The summed E-state index contributed by atoms with van der Waals surface area (Å²) in [7, 11) is 0. The molecule has 1 unspecified atom stereocenters. The summed E-state index contributed by atoms with van der Waals surface area (Å²) in [5.41, 5.74) is 2.56. The van der Waals surface area contributed by atoms with Crippen molar-refractivity contribution >= 4 is 11.6 Å². The molecule has 0 aromatic heterocycles. The Kier molecular flexibility index (Phi) is 4.73. The zero-order chi connectivity index (χ0) is 13.1. The van der Waals surface area contributed by atoms with Crippen LogP contribution in [0.5, 0.6) is 0 Å². The SMILES string of the molecule is NNC(CCC(F)(F)F)c1ccc(Cl)c(F)c1. The van der Waals surface area contributed by atoms with E-state index in [1.54, 1.807) is 0 Å². The maximum atomic E-state index is 13.1. The molecule has 96 valence electrons. The van der Waals surface area contributed by atoms with Gasteiger partial charge in [0.2, 0.25) is 0 Å². The highest BCUT2D eigenvalue weighted by Crippen LogP contribution is 2.28. The fraction of sp³-hybridized carbons (Fsp3) is 0.400. The fourth-order valence-corrected chi connectivity index (χ4v) is 1.50. The second kappa shape index (κ2) is 5.66. The summed E-state index contributed by atoms with van der Waals surface area (Å²) < 4.78 is 49.3. The van der Waals surface area contributed by atoms with Crippen LogP contribution in [0.25, 0.3) is 0 Å². The Bertz CT molecular complexity index is 381. The van der Waals surface area contributed by atoms with Crippen molar-refractivity contribution in [2.24, 2.45) is 5.84 Å². The molecule has 1 aromatic carbocycles. The molecule has 1 aromatic rings. The van der Waals surface area contributed by atoms with Gasteiger partial charge in [-0.3, -0.25) is 11.3 Å². The van der Waals surface area contributed by atoms with E-state index in [1.807, 2.05) is 0 Å². The number of benzene rings is 1. The normalized spacial score (nSPS) is 13.8. The van der Waals surface area contributed by atoms with E-state index in [4.69, 9.17) is 17.4 Å². The van der Waals surface area contributed by atoms with Gasteiger partial charge in [-0.1, -0.05) is 17.7 Å². The molecule has 0 fully saturated rings. The smallest absolute Gasteiger partial charge is 0.271 e. The van der Waals surface area contributed by atoms with Crippen molar-refractivity contribution in [1.29, 1.82) is 0 Å². The van der Waals surface area contributed by atoms with Crippen molar-refractivity contribution in [3.8, 4) is 0 Å². The number of hydrogen-bond donors (Lipinski definition) is 2. The average Bonchev–Trinajstić information content (AvgIpc) is 2.22. The van der Waals surface area contributed by atoms with Crippen LogP contribution < -0.4 is 11.3 Å². The topological polar surface area (TPSA) is 38.0 Å². The predicted octanol–water partition coefficient (Wildman–Crippen LogP) is 3.33. The molecule has 0 bridgehead atoms. The molecule has 7 heteroatoms. The van der Waals surface area contributed by atoms with E-state index in [0.29, 0.717) is 5.56 Å². The zero-order valence-corrected chi connectivity index (χ0v) is 9.45. The highest BCUT2D eigenvalue weighted by molar-refractivity contribution is 6.30. The Balaban J connectivity index is 2.76. The summed E-state index contributed by atoms with van der Waals surface area (Å²) in [6, 6.07) is 3.03. The number of hydrazine groups is 1. The van der Waals surface area contributed by atoms with Crippen molar-refractivity contribution in [2.75, 3.05) is 0 Å². The molecule has 0 amide bonds. The van der Waals surface area contributed by atoms with Crippen LogP contribution in [-0.2, 0) is 0 Å². The van der Waals surface area contributed by atoms with Crippen molar-refractivity contribution in [1.82, 2.24) is 5.43 Å². The molecule has 0 saturated heterocycles. The lowest BCUT2D eigenvalue weighted by molar-refractivity contribution is -0.136. The summed E-state index contributed by atoms with van der Waals surface area (Å²) in [4.78, 5) is 0. The van der Waals surface area contributed by atoms with Crippen LogP contribution in [0.15, 0.2) is 18.2 Å². The van der Waals surface area contributed by atoms with Crippen LogP contribution >= 0.6 is 11.6 Å². The summed E-state index contributed by atoms with van der Waals surface area (Å²) in [5, 5.41) is -0.0830. The van der Waals surface area contributed by atoms with Crippen molar-refractivity contribution in [3.05, 3.63) is 34.6 Å². The van der Waals surface area contributed by atoms with Crippen LogP contribution in [-0.4, -0.2) is 6.18 Å². The lowest BCUT2D eigenvalue weighted by Crippen LogP contribution is -2.29. The highest BCUT2D eigenvalue weighted by atomic mass is 35.5. The Morgan fingerprint density at radius 2 is 2.00 bits per heavy atom. The van der Waals surface area contributed by atoms with Gasteiger partial charge in [0.05, 0.1) is 5.02 Å². The summed E-state index contributed by atoms with van der Waals surface area (Å²) >= 11 is 5.47. The van der Waals surface area contributed by atoms with Gasteiger partial charge in [-0.05, 0) is 24.1 Å². The molecule has 0 aliphatic heterocycles. The largest absolute Gasteiger partial charge is 0.389 e. The van der Waals surface area contributed by atoms with E-state index < -0.39 is 24.5 Å². The first kappa shape index (κ1) is 14.2. The molecule has 0 heterocycles. The minimum absolute atomic E-state index is 0.0830. The molecule has 1 atom stereocenters. The summed E-state index contributed by atoms with van der Waals surface area (Å²) in [6.07, 6.45) is -5.52. The van der Waals surface area contributed by atoms with Gasteiger partial charge < -0.3 is 0 Å². The van der Waals surface area contributed by atoms with E-state index in [2.05, 4.69) is 5.43 Å². The van der Waals surface area contributed by atoms with E-state index in [9.17, 15) is 17.6 Å². The standard InChI is InChI=1S/C10H11ClF4N2/c11-7-2-1-6(5-8(7)12)9(17-16)3-4-10(13,14)15/h1-2,5,9,17H,3-4,16H2. The lowest BCUT2D eigenvalue weighted by Gasteiger charge is -2.17. The molecule has 0 radical (unpaired) electrons. The van der Waals surface area contributed by atoms with Gasteiger partial charge in [0.25, 0.3) is 0 Å². The van der Waals surface area contributed by atoms with Gasteiger partial charge in [-0.25, -0.2) is 4.39 Å². The quantitative estimate of drug-likeness (QED) is 0.500. The second-order valence-electron chi connectivity index (χ2n) is 3.55. The van der Waals surface area contributed by atoms with Gasteiger partial charge in [-0.2, -0.15) is 13.2 Å². The molecule has 0 saturated carbocycles. The molecule has 17 heavy (non-hydrogen) atoms. The lowest BCUT2D eigenvalue weighted by atomic mass is 10.0. The van der Waals surface area contributed by atoms with Crippen molar-refractivity contribution in [3.63, 3.8) is 0 Å². The first-order chi connectivity index (χ1) is 7.83. The zero-order valence-electron chi connectivity index (χ0n) is 8.69. The Labute approximate surface area is 101 Å². The predicted molar refractivity (Wildman–Crippen MR) is 56.8 cm³/mol. The van der Waals surface area contributed by atoms with Crippen molar-refractivity contribution in [2.45, 2.75) is 25.1 Å². The minimum Gasteiger partial charge on any atom is -0.271 e. The second-order valence-corrected chi connectivity index (χ2v) is 3.95. The Hall–Kier alpha value is -0.850. The molecule has 0 aliphatic rings. The van der Waals surface area contributed by atoms with E-state index in [1.165, 1.54) is 12.1 Å². The van der Waals surface area contributed by atoms with Gasteiger partial charge in [0, 0.05) is 12.5 Å². The molecule has 3 N–H and O–H groups in total. The van der Waals surface area contributed by atoms with E-state index in [-0.39, 0.29) is 11.4 Å². The molecular weight excluding hydrogens is 260 g/mol. The molecule has 0 spiro atoms. The van der Waals surface area contributed by atoms with Crippen molar-refractivity contribution < 1.29 is 17.6 Å². The first-order valence-corrected chi connectivity index (χ1v) is 5.19. The Morgan fingerprint density at radius 1 is 1.35 bits per heavy atom. The van der Waals surface area contributed by atoms with E-state index in [0.717, 1.165) is 6.07 Å². The van der Waals surface area contributed by atoms with Crippen LogP contribution in [0, 0.1) is 5.82 Å². The van der Waals surface area contributed by atoms with Gasteiger partial charge in [0.1, 0.15) is 5.82 Å². The molecular formula is C10H11ClF4N2. The van der Waals surface area contributed by atoms with Crippen LogP contribution in [0.4, 0.5) is 17.6 Å².